The molecule has 168 valence electrons. The fraction of sp³-hybridized carbons (Fsp3) is 0.208. The summed E-state index contributed by atoms with van der Waals surface area (Å²) in [6.07, 6.45) is -0.726. The van der Waals surface area contributed by atoms with Crippen LogP contribution in [-0.2, 0) is 14.8 Å². The van der Waals surface area contributed by atoms with Crippen molar-refractivity contribution in [1.29, 1.82) is 0 Å². The van der Waals surface area contributed by atoms with Crippen molar-refractivity contribution >= 4 is 27.3 Å². The predicted octanol–water partition coefficient (Wildman–Crippen LogP) is 4.52. The van der Waals surface area contributed by atoms with E-state index in [4.69, 9.17) is 9.47 Å². The van der Waals surface area contributed by atoms with E-state index in [1.165, 1.54) is 31.4 Å². The molecule has 1 atom stereocenters. The molecule has 0 saturated heterocycles. The topological polar surface area (TPSA) is 93.7 Å². The van der Waals surface area contributed by atoms with Crippen LogP contribution < -0.4 is 19.5 Å². The molecular formula is C24H26N2O5S. The van der Waals surface area contributed by atoms with Gasteiger partial charge in [-0.15, -0.1) is 0 Å². The summed E-state index contributed by atoms with van der Waals surface area (Å²) in [7, 11) is -2.36. The Morgan fingerprint density at radius 1 is 0.938 bits per heavy atom. The van der Waals surface area contributed by atoms with Gasteiger partial charge in [0.05, 0.1) is 17.7 Å². The second-order valence-corrected chi connectivity index (χ2v) is 9.08. The Kier molecular flexibility index (Phi) is 7.05. The molecule has 0 heterocycles. The normalized spacial score (nSPS) is 12.0. The van der Waals surface area contributed by atoms with E-state index in [1.54, 1.807) is 25.1 Å². The Morgan fingerprint density at radius 3 is 2.28 bits per heavy atom. The first-order valence-corrected chi connectivity index (χ1v) is 11.5. The first-order chi connectivity index (χ1) is 15.2. The number of aryl methyl sites for hydroxylation is 2. The lowest BCUT2D eigenvalue weighted by Gasteiger charge is -2.15. The van der Waals surface area contributed by atoms with Crippen molar-refractivity contribution in [2.24, 2.45) is 0 Å². The van der Waals surface area contributed by atoms with Crippen molar-refractivity contribution in [3.05, 3.63) is 77.9 Å². The summed E-state index contributed by atoms with van der Waals surface area (Å²) < 4.78 is 39.0. The highest BCUT2D eigenvalue weighted by molar-refractivity contribution is 7.92. The quantitative estimate of drug-likeness (QED) is 0.522. The van der Waals surface area contributed by atoms with Gasteiger partial charge in [0.1, 0.15) is 11.5 Å². The first-order valence-electron chi connectivity index (χ1n) is 9.99. The number of ether oxygens (including phenoxy) is 2. The van der Waals surface area contributed by atoms with Crippen molar-refractivity contribution in [1.82, 2.24) is 0 Å². The third kappa shape index (κ3) is 5.79. The monoisotopic (exact) mass is 454 g/mol. The van der Waals surface area contributed by atoms with Crippen LogP contribution in [0, 0.1) is 13.8 Å². The molecule has 0 unspecified atom stereocenters. The third-order valence-corrected chi connectivity index (χ3v) is 6.08. The Morgan fingerprint density at radius 2 is 1.62 bits per heavy atom. The smallest absolute Gasteiger partial charge is 0.265 e. The van der Waals surface area contributed by atoms with Crippen molar-refractivity contribution in [3.63, 3.8) is 0 Å². The van der Waals surface area contributed by atoms with E-state index < -0.39 is 16.1 Å². The largest absolute Gasteiger partial charge is 0.495 e. The molecule has 32 heavy (non-hydrogen) atoms. The van der Waals surface area contributed by atoms with E-state index in [0.29, 0.717) is 22.9 Å². The van der Waals surface area contributed by atoms with Crippen LogP contribution in [0.4, 0.5) is 11.4 Å². The summed E-state index contributed by atoms with van der Waals surface area (Å²) in [5.74, 6) is 0.683. The highest BCUT2D eigenvalue weighted by Crippen LogP contribution is 2.28. The lowest BCUT2D eigenvalue weighted by atomic mass is 10.2. The van der Waals surface area contributed by atoms with Crippen LogP contribution >= 0.6 is 0 Å². The van der Waals surface area contributed by atoms with Gasteiger partial charge < -0.3 is 14.8 Å². The van der Waals surface area contributed by atoms with Gasteiger partial charge in [0.2, 0.25) is 0 Å². The molecule has 8 heteroatoms. The zero-order chi connectivity index (χ0) is 23.3. The van der Waals surface area contributed by atoms with Crippen molar-refractivity contribution in [3.8, 4) is 11.5 Å². The number of carbonyl (C=O) groups excluding carboxylic acids is 1. The maximum absolute atomic E-state index is 12.8. The Bertz CT molecular complexity index is 1210. The summed E-state index contributed by atoms with van der Waals surface area (Å²) in [6.45, 7) is 5.45. The SMILES string of the molecule is COc1ccc(C)cc1NS(=O)(=O)c1ccc(NC(=O)[C@H](C)Oc2cccc(C)c2)cc1. The maximum atomic E-state index is 12.8. The molecule has 0 aliphatic heterocycles. The molecular weight excluding hydrogens is 428 g/mol. The molecule has 3 aromatic carbocycles. The summed E-state index contributed by atoms with van der Waals surface area (Å²) in [5.41, 5.74) is 2.74. The average Bonchev–Trinajstić information content (AvgIpc) is 2.74. The fourth-order valence-electron chi connectivity index (χ4n) is 3.01. The molecule has 7 nitrogen and oxygen atoms in total. The van der Waals surface area contributed by atoms with E-state index in [1.807, 2.05) is 38.1 Å². The summed E-state index contributed by atoms with van der Waals surface area (Å²) >= 11 is 0. The van der Waals surface area contributed by atoms with Gasteiger partial charge in [0, 0.05) is 5.69 Å². The average molecular weight is 455 g/mol. The number of hydrogen-bond donors (Lipinski definition) is 2. The molecule has 2 N–H and O–H groups in total. The van der Waals surface area contributed by atoms with E-state index in [9.17, 15) is 13.2 Å². The Balaban J connectivity index is 1.67. The number of anilines is 2. The highest BCUT2D eigenvalue weighted by Gasteiger charge is 2.18. The van der Waals surface area contributed by atoms with Crippen LogP contribution in [0.15, 0.2) is 71.6 Å². The minimum absolute atomic E-state index is 0.0584. The predicted molar refractivity (Wildman–Crippen MR) is 125 cm³/mol. The molecule has 0 bridgehead atoms. The Labute approximate surface area is 188 Å². The number of carbonyl (C=O) groups is 1. The number of sulfonamides is 1. The van der Waals surface area contributed by atoms with Gasteiger partial charge in [-0.3, -0.25) is 9.52 Å². The van der Waals surface area contributed by atoms with Crippen LogP contribution in [0.2, 0.25) is 0 Å². The van der Waals surface area contributed by atoms with Crippen LogP contribution in [0.25, 0.3) is 0 Å². The molecule has 3 rings (SSSR count). The van der Waals surface area contributed by atoms with Crippen LogP contribution in [-0.4, -0.2) is 27.5 Å². The minimum atomic E-state index is -3.84. The fourth-order valence-corrected chi connectivity index (χ4v) is 4.07. The molecule has 0 aliphatic carbocycles. The molecule has 1 amide bonds. The zero-order valence-electron chi connectivity index (χ0n) is 18.4. The van der Waals surface area contributed by atoms with Gasteiger partial charge in [-0.1, -0.05) is 18.2 Å². The standard InChI is InChI=1S/C24H26N2O5S/c1-16-6-5-7-20(14-16)31-18(3)24(27)25-19-9-11-21(12-10-19)32(28,29)26-22-15-17(2)8-13-23(22)30-4/h5-15,18,26H,1-4H3,(H,25,27)/t18-/m0/s1. The van der Waals surface area contributed by atoms with Gasteiger partial charge >= 0.3 is 0 Å². The molecule has 0 saturated carbocycles. The second kappa shape index (κ2) is 9.74. The second-order valence-electron chi connectivity index (χ2n) is 7.40. The number of hydrogen-bond acceptors (Lipinski definition) is 5. The van der Waals surface area contributed by atoms with Gasteiger partial charge in [0.25, 0.3) is 15.9 Å². The first kappa shape index (κ1) is 23.1. The van der Waals surface area contributed by atoms with Crippen molar-refractivity contribution in [2.45, 2.75) is 31.8 Å². The number of methoxy groups -OCH3 is 1. The summed E-state index contributed by atoms with van der Waals surface area (Å²) in [4.78, 5) is 12.5. The molecule has 0 fully saturated rings. The minimum Gasteiger partial charge on any atom is -0.495 e. The zero-order valence-corrected chi connectivity index (χ0v) is 19.2. The summed E-state index contributed by atoms with van der Waals surface area (Å²) in [5, 5.41) is 2.73. The summed E-state index contributed by atoms with van der Waals surface area (Å²) in [6, 6.07) is 18.6. The van der Waals surface area contributed by atoms with Crippen LogP contribution in [0.3, 0.4) is 0 Å². The van der Waals surface area contributed by atoms with Crippen LogP contribution in [0.5, 0.6) is 11.5 Å². The van der Waals surface area contributed by atoms with Gasteiger partial charge in [-0.2, -0.15) is 0 Å². The van der Waals surface area contributed by atoms with E-state index in [-0.39, 0.29) is 10.8 Å². The van der Waals surface area contributed by atoms with E-state index >= 15 is 0 Å². The number of rotatable bonds is 8. The lowest BCUT2D eigenvalue weighted by Crippen LogP contribution is -2.30. The molecule has 0 aliphatic rings. The number of benzene rings is 3. The Hall–Kier alpha value is -3.52. The molecule has 3 aromatic rings. The van der Waals surface area contributed by atoms with Gasteiger partial charge in [-0.25, -0.2) is 8.42 Å². The molecule has 0 spiro atoms. The number of nitrogens with one attached hydrogen (secondary N) is 2. The lowest BCUT2D eigenvalue weighted by molar-refractivity contribution is -0.122. The van der Waals surface area contributed by atoms with E-state index in [0.717, 1.165) is 11.1 Å². The third-order valence-electron chi connectivity index (χ3n) is 4.70. The molecule has 0 radical (unpaired) electrons. The molecule has 0 aromatic heterocycles. The maximum Gasteiger partial charge on any atom is 0.265 e. The van der Waals surface area contributed by atoms with Crippen LogP contribution in [0.1, 0.15) is 18.1 Å². The number of amides is 1. The highest BCUT2D eigenvalue weighted by atomic mass is 32.2. The van der Waals surface area contributed by atoms with Gasteiger partial charge in [-0.05, 0) is 80.4 Å². The van der Waals surface area contributed by atoms with Crippen molar-refractivity contribution in [2.75, 3.05) is 17.1 Å². The van der Waals surface area contributed by atoms with Crippen molar-refractivity contribution < 1.29 is 22.7 Å². The van der Waals surface area contributed by atoms with Gasteiger partial charge in [0.15, 0.2) is 6.10 Å². The van der Waals surface area contributed by atoms with E-state index in [2.05, 4.69) is 10.0 Å².